The Morgan fingerprint density at radius 2 is 2.33 bits per heavy atom. The molecule has 1 atom stereocenters. The highest BCUT2D eigenvalue weighted by Gasteiger charge is 2.29. The van der Waals surface area contributed by atoms with Crippen LogP contribution in [0.4, 0.5) is 0 Å². The monoisotopic (exact) mass is 289 g/mol. The van der Waals surface area contributed by atoms with Crippen molar-refractivity contribution in [1.82, 2.24) is 24.6 Å². The molecule has 7 heteroatoms. The van der Waals surface area contributed by atoms with Gasteiger partial charge in [-0.3, -0.25) is 4.79 Å². The number of aromatic nitrogens is 4. The van der Waals surface area contributed by atoms with Crippen molar-refractivity contribution in [2.45, 2.75) is 38.6 Å². The summed E-state index contributed by atoms with van der Waals surface area (Å²) < 4.78 is 7.18. The predicted octanol–water partition coefficient (Wildman–Crippen LogP) is 1.87. The number of likely N-dealkylation sites (tertiary alicyclic amines) is 1. The van der Waals surface area contributed by atoms with Gasteiger partial charge in [-0.1, -0.05) is 13.8 Å². The number of piperidine rings is 1. The molecule has 0 aromatic carbocycles. The predicted molar refractivity (Wildman–Crippen MR) is 74.8 cm³/mol. The fourth-order valence-corrected chi connectivity index (χ4v) is 2.74. The minimum absolute atomic E-state index is 0.0581. The van der Waals surface area contributed by atoms with Crippen molar-refractivity contribution < 1.29 is 9.21 Å². The molecule has 1 aliphatic heterocycles. The topological polar surface area (TPSA) is 77.0 Å². The van der Waals surface area contributed by atoms with Crippen molar-refractivity contribution in [2.24, 2.45) is 0 Å². The quantitative estimate of drug-likeness (QED) is 0.862. The zero-order valence-electron chi connectivity index (χ0n) is 12.3. The first-order valence-corrected chi connectivity index (χ1v) is 7.23. The second kappa shape index (κ2) is 5.67. The second-order valence-corrected chi connectivity index (χ2v) is 5.64. The number of oxazole rings is 1. The number of hydrogen-bond donors (Lipinski definition) is 0. The van der Waals surface area contributed by atoms with E-state index in [4.69, 9.17) is 4.42 Å². The lowest BCUT2D eigenvalue weighted by atomic mass is 10.0. The number of carbonyl (C=O) groups is 1. The number of rotatable bonds is 3. The molecule has 0 unspecified atom stereocenters. The van der Waals surface area contributed by atoms with E-state index in [9.17, 15) is 4.79 Å². The molecule has 0 spiro atoms. The fraction of sp³-hybridized carbons (Fsp3) is 0.571. The molecule has 0 bridgehead atoms. The highest BCUT2D eigenvalue weighted by Crippen LogP contribution is 2.24. The molecule has 0 aliphatic carbocycles. The third-order valence-electron chi connectivity index (χ3n) is 3.82. The van der Waals surface area contributed by atoms with Crippen LogP contribution in [0.3, 0.4) is 0 Å². The summed E-state index contributed by atoms with van der Waals surface area (Å²) in [7, 11) is 0. The van der Waals surface area contributed by atoms with Crippen LogP contribution in [-0.4, -0.2) is 43.6 Å². The van der Waals surface area contributed by atoms with Crippen molar-refractivity contribution in [3.8, 4) is 0 Å². The van der Waals surface area contributed by atoms with Crippen LogP contribution in [0.5, 0.6) is 0 Å². The summed E-state index contributed by atoms with van der Waals surface area (Å²) in [5.41, 5.74) is 0.434. The van der Waals surface area contributed by atoms with Gasteiger partial charge in [-0.25, -0.2) is 14.6 Å². The van der Waals surface area contributed by atoms with Gasteiger partial charge < -0.3 is 9.32 Å². The molecule has 2 aromatic heterocycles. The van der Waals surface area contributed by atoms with Gasteiger partial charge in [0.25, 0.3) is 5.91 Å². The van der Waals surface area contributed by atoms with Crippen molar-refractivity contribution in [3.05, 3.63) is 30.5 Å². The Morgan fingerprint density at radius 3 is 3.05 bits per heavy atom. The van der Waals surface area contributed by atoms with Crippen LogP contribution in [0.25, 0.3) is 0 Å². The lowest BCUT2D eigenvalue weighted by Crippen LogP contribution is -2.41. The first-order valence-electron chi connectivity index (χ1n) is 7.23. The Morgan fingerprint density at radius 1 is 1.48 bits per heavy atom. The smallest absolute Gasteiger partial charge is 0.276 e. The van der Waals surface area contributed by atoms with Crippen LogP contribution in [0, 0.1) is 0 Å². The molecule has 0 radical (unpaired) electrons. The largest absolute Gasteiger partial charge is 0.447 e. The number of nitrogens with zero attached hydrogens (tertiary/aromatic N) is 5. The first-order chi connectivity index (χ1) is 10.2. The van der Waals surface area contributed by atoms with E-state index in [0.29, 0.717) is 18.0 Å². The molecule has 2 aromatic rings. The first kappa shape index (κ1) is 13.8. The molecule has 3 heterocycles. The molecule has 112 valence electrons. The maximum atomic E-state index is 12.7. The van der Waals surface area contributed by atoms with Gasteiger partial charge >= 0.3 is 0 Å². The van der Waals surface area contributed by atoms with Crippen LogP contribution in [0.2, 0.25) is 0 Å². The fourth-order valence-electron chi connectivity index (χ4n) is 2.74. The SMILES string of the molecule is CC(C)c1ocnc1C(=O)N1CCC[C@H](n2cncn2)C1. The van der Waals surface area contributed by atoms with Crippen LogP contribution >= 0.6 is 0 Å². The third kappa shape index (κ3) is 2.68. The van der Waals surface area contributed by atoms with Crippen LogP contribution in [-0.2, 0) is 0 Å². The second-order valence-electron chi connectivity index (χ2n) is 5.64. The minimum Gasteiger partial charge on any atom is -0.447 e. The lowest BCUT2D eigenvalue weighted by molar-refractivity contribution is 0.0664. The van der Waals surface area contributed by atoms with E-state index < -0.39 is 0 Å². The molecule has 1 aliphatic rings. The molecule has 7 nitrogen and oxygen atoms in total. The van der Waals surface area contributed by atoms with Gasteiger partial charge in [0.2, 0.25) is 0 Å². The van der Waals surface area contributed by atoms with E-state index in [2.05, 4.69) is 15.1 Å². The van der Waals surface area contributed by atoms with E-state index in [1.54, 1.807) is 6.33 Å². The average molecular weight is 289 g/mol. The summed E-state index contributed by atoms with van der Waals surface area (Å²) in [5, 5.41) is 4.18. The summed E-state index contributed by atoms with van der Waals surface area (Å²) in [4.78, 5) is 22.6. The zero-order chi connectivity index (χ0) is 14.8. The van der Waals surface area contributed by atoms with Gasteiger partial charge in [0.05, 0.1) is 6.04 Å². The summed E-state index contributed by atoms with van der Waals surface area (Å²) in [6.45, 7) is 5.36. The van der Waals surface area contributed by atoms with Crippen LogP contribution in [0.15, 0.2) is 23.5 Å². The minimum atomic E-state index is -0.0581. The summed E-state index contributed by atoms with van der Waals surface area (Å²) in [6.07, 6.45) is 6.53. The highest BCUT2D eigenvalue weighted by atomic mass is 16.3. The van der Waals surface area contributed by atoms with Crippen molar-refractivity contribution in [3.63, 3.8) is 0 Å². The molecule has 1 saturated heterocycles. The van der Waals surface area contributed by atoms with Crippen molar-refractivity contribution in [1.29, 1.82) is 0 Å². The Balaban J connectivity index is 1.77. The Bertz CT molecular complexity index is 605. The Kier molecular flexibility index (Phi) is 3.72. The van der Waals surface area contributed by atoms with Gasteiger partial charge in [0.1, 0.15) is 18.4 Å². The van der Waals surface area contributed by atoms with Crippen molar-refractivity contribution >= 4 is 5.91 Å². The van der Waals surface area contributed by atoms with Crippen molar-refractivity contribution in [2.75, 3.05) is 13.1 Å². The molecule has 1 amide bonds. The molecule has 3 rings (SSSR count). The third-order valence-corrected chi connectivity index (χ3v) is 3.82. The zero-order valence-corrected chi connectivity index (χ0v) is 12.3. The number of amides is 1. The Labute approximate surface area is 123 Å². The normalized spacial score (nSPS) is 19.2. The molecule has 0 saturated carbocycles. The molecule has 0 N–H and O–H groups in total. The molecule has 1 fully saturated rings. The van der Waals surface area contributed by atoms with Gasteiger partial charge in [-0.15, -0.1) is 0 Å². The summed E-state index contributed by atoms with van der Waals surface area (Å²) in [6, 6.07) is 0.180. The van der Waals surface area contributed by atoms with Gasteiger partial charge in [-0.05, 0) is 12.8 Å². The molecular formula is C14H19N5O2. The van der Waals surface area contributed by atoms with E-state index >= 15 is 0 Å². The van der Waals surface area contributed by atoms with Gasteiger partial charge in [-0.2, -0.15) is 5.10 Å². The van der Waals surface area contributed by atoms with E-state index in [0.717, 1.165) is 19.4 Å². The molecular weight excluding hydrogens is 270 g/mol. The number of hydrogen-bond acceptors (Lipinski definition) is 5. The average Bonchev–Trinajstić information content (AvgIpc) is 3.17. The Hall–Kier alpha value is -2.18. The van der Waals surface area contributed by atoms with Crippen LogP contribution < -0.4 is 0 Å². The summed E-state index contributed by atoms with van der Waals surface area (Å²) >= 11 is 0. The standard InChI is InChI=1S/C14H19N5O2/c1-10(2)13-12(16-9-21-13)14(20)18-5-3-4-11(6-18)19-8-15-7-17-19/h7-11H,3-6H2,1-2H3/t11-/m0/s1. The van der Waals surface area contributed by atoms with Gasteiger partial charge in [0, 0.05) is 19.0 Å². The maximum Gasteiger partial charge on any atom is 0.276 e. The molecule has 21 heavy (non-hydrogen) atoms. The van der Waals surface area contributed by atoms with Crippen LogP contribution in [0.1, 0.15) is 54.9 Å². The van der Waals surface area contributed by atoms with E-state index in [1.807, 2.05) is 23.4 Å². The highest BCUT2D eigenvalue weighted by molar-refractivity contribution is 5.93. The van der Waals surface area contributed by atoms with E-state index in [1.165, 1.54) is 12.7 Å². The van der Waals surface area contributed by atoms with E-state index in [-0.39, 0.29) is 17.9 Å². The summed E-state index contributed by atoms with van der Waals surface area (Å²) in [5.74, 6) is 0.738. The van der Waals surface area contributed by atoms with Gasteiger partial charge in [0.15, 0.2) is 12.1 Å². The number of carbonyl (C=O) groups excluding carboxylic acids is 1. The lowest BCUT2D eigenvalue weighted by Gasteiger charge is -2.32. The maximum absolute atomic E-state index is 12.7.